The Morgan fingerprint density at radius 3 is 2.14 bits per heavy atom. The molecule has 3 amide bonds. The van der Waals surface area contributed by atoms with Gasteiger partial charge in [0.15, 0.2) is 0 Å². The van der Waals surface area contributed by atoms with Gasteiger partial charge >= 0.3 is 6.03 Å². The molecule has 0 aliphatic carbocycles. The largest absolute Gasteiger partial charge is 0.497 e. The van der Waals surface area contributed by atoms with Crippen LogP contribution >= 0.6 is 0 Å². The van der Waals surface area contributed by atoms with E-state index in [0.717, 1.165) is 5.56 Å². The maximum Gasteiger partial charge on any atom is 0.320 e. The lowest BCUT2D eigenvalue weighted by molar-refractivity contribution is -0.122. The number of hydrazone groups is 1. The summed E-state index contributed by atoms with van der Waals surface area (Å²) in [5.41, 5.74) is 4.42. The third-order valence-electron chi connectivity index (χ3n) is 5.38. The molecule has 3 aromatic carbocycles. The zero-order chi connectivity index (χ0) is 26.6. The molecular weight excluding hydrogens is 476 g/mol. The number of carbonyl (C=O) groups excluding carboxylic acids is 2. The van der Waals surface area contributed by atoms with Gasteiger partial charge in [-0.25, -0.2) is 10.2 Å². The molecule has 3 aromatic rings. The highest BCUT2D eigenvalue weighted by Crippen LogP contribution is 2.29. The molecule has 0 bridgehead atoms. The number of methoxy groups -OCH3 is 4. The molecule has 3 rings (SSSR count). The fourth-order valence-electron chi connectivity index (χ4n) is 3.45. The van der Waals surface area contributed by atoms with Gasteiger partial charge in [0.25, 0.3) is 5.91 Å². The monoisotopic (exact) mass is 506 g/mol. The van der Waals surface area contributed by atoms with E-state index in [1.165, 1.54) is 27.5 Å². The number of anilines is 1. The Kier molecular flexibility index (Phi) is 9.72. The van der Waals surface area contributed by atoms with E-state index in [-0.39, 0.29) is 6.42 Å². The number of hydrogen-bond acceptors (Lipinski definition) is 7. The van der Waals surface area contributed by atoms with E-state index in [9.17, 15) is 9.59 Å². The first-order valence-electron chi connectivity index (χ1n) is 11.4. The molecule has 1 atom stereocenters. The van der Waals surface area contributed by atoms with E-state index in [0.29, 0.717) is 34.2 Å². The van der Waals surface area contributed by atoms with Crippen LogP contribution in [0.4, 0.5) is 10.5 Å². The van der Waals surface area contributed by atoms with Crippen molar-refractivity contribution in [1.82, 2.24) is 10.7 Å². The molecular formula is C27H30N4O6. The minimum atomic E-state index is -0.915. The summed E-state index contributed by atoms with van der Waals surface area (Å²) in [6.07, 6.45) is 1.71. The number of carbonyl (C=O) groups is 2. The summed E-state index contributed by atoms with van der Waals surface area (Å²) in [6.45, 7) is 0. The Morgan fingerprint density at radius 2 is 1.49 bits per heavy atom. The van der Waals surface area contributed by atoms with Crippen LogP contribution in [0.2, 0.25) is 0 Å². The van der Waals surface area contributed by atoms with Gasteiger partial charge in [0, 0.05) is 24.1 Å². The van der Waals surface area contributed by atoms with E-state index in [1.807, 2.05) is 30.3 Å². The Hall–Kier alpha value is -4.73. The van der Waals surface area contributed by atoms with Crippen LogP contribution in [0.15, 0.2) is 71.8 Å². The van der Waals surface area contributed by atoms with Gasteiger partial charge in [0.2, 0.25) is 0 Å². The Bertz CT molecular complexity index is 1230. The van der Waals surface area contributed by atoms with E-state index in [4.69, 9.17) is 18.9 Å². The molecule has 0 spiro atoms. The third kappa shape index (κ3) is 7.63. The molecule has 0 fully saturated rings. The molecule has 10 nitrogen and oxygen atoms in total. The van der Waals surface area contributed by atoms with Gasteiger partial charge in [0.05, 0.1) is 40.3 Å². The highest BCUT2D eigenvalue weighted by molar-refractivity contribution is 5.95. The van der Waals surface area contributed by atoms with E-state index in [2.05, 4.69) is 21.2 Å². The van der Waals surface area contributed by atoms with Gasteiger partial charge in [-0.05, 0) is 29.8 Å². The van der Waals surface area contributed by atoms with Gasteiger partial charge in [-0.1, -0.05) is 30.3 Å². The normalized spacial score (nSPS) is 11.4. The van der Waals surface area contributed by atoms with Crippen molar-refractivity contribution in [2.75, 3.05) is 33.8 Å². The van der Waals surface area contributed by atoms with Crippen molar-refractivity contribution in [2.45, 2.75) is 12.5 Å². The minimum Gasteiger partial charge on any atom is -0.497 e. The second-order valence-corrected chi connectivity index (χ2v) is 7.75. The van der Waals surface area contributed by atoms with Crippen LogP contribution in [0.1, 0.15) is 11.1 Å². The number of amides is 3. The number of rotatable bonds is 11. The number of nitrogens with zero attached hydrogens (tertiary/aromatic N) is 1. The van der Waals surface area contributed by atoms with Crippen molar-refractivity contribution < 1.29 is 28.5 Å². The molecule has 0 unspecified atom stereocenters. The third-order valence-corrected chi connectivity index (χ3v) is 5.38. The standard InChI is InChI=1S/C27H30N4O6/c1-34-20-11-10-19(24(15-20)36-3)17-28-31-26(32)23(14-18-8-6-5-7-9-18)30-27(33)29-22-13-12-21(35-2)16-25(22)37-4/h5-13,15-17,23H,14H2,1-4H3,(H,31,32)(H2,29,30,33)/b28-17-/t23-/m1/s1. The summed E-state index contributed by atoms with van der Waals surface area (Å²) < 4.78 is 21.1. The molecule has 37 heavy (non-hydrogen) atoms. The fourth-order valence-corrected chi connectivity index (χ4v) is 3.45. The SMILES string of the molecule is COc1ccc(/C=N\NC(=O)[C@@H](Cc2ccccc2)NC(=O)Nc2ccc(OC)cc2OC)c(OC)c1. The topological polar surface area (TPSA) is 120 Å². The zero-order valence-corrected chi connectivity index (χ0v) is 21.1. The molecule has 3 N–H and O–H groups in total. The number of hydrogen-bond donors (Lipinski definition) is 3. The number of urea groups is 1. The van der Waals surface area contributed by atoms with Gasteiger partial charge in [-0.15, -0.1) is 0 Å². The second kappa shape index (κ2) is 13.4. The van der Waals surface area contributed by atoms with Crippen LogP contribution in [0.25, 0.3) is 0 Å². The zero-order valence-electron chi connectivity index (χ0n) is 21.1. The summed E-state index contributed by atoms with van der Waals surface area (Å²) in [4.78, 5) is 25.9. The van der Waals surface area contributed by atoms with Crippen LogP contribution in [0, 0.1) is 0 Å². The number of benzene rings is 3. The van der Waals surface area contributed by atoms with E-state index >= 15 is 0 Å². The molecule has 10 heteroatoms. The van der Waals surface area contributed by atoms with Crippen LogP contribution in [0.3, 0.4) is 0 Å². The van der Waals surface area contributed by atoms with E-state index in [1.54, 1.807) is 43.5 Å². The lowest BCUT2D eigenvalue weighted by Crippen LogP contribution is -2.48. The van der Waals surface area contributed by atoms with Gasteiger partial charge in [-0.3, -0.25) is 4.79 Å². The molecule has 0 aliphatic rings. The van der Waals surface area contributed by atoms with Crippen LogP contribution in [-0.2, 0) is 11.2 Å². The summed E-state index contributed by atoms with van der Waals surface area (Å²) in [6, 6.07) is 18.0. The minimum absolute atomic E-state index is 0.251. The molecule has 0 radical (unpaired) electrons. The van der Waals surface area contributed by atoms with E-state index < -0.39 is 18.0 Å². The smallest absolute Gasteiger partial charge is 0.320 e. The predicted molar refractivity (Wildman–Crippen MR) is 141 cm³/mol. The van der Waals surface area contributed by atoms with Crippen LogP contribution < -0.4 is 35.0 Å². The van der Waals surface area contributed by atoms with Crippen molar-refractivity contribution in [3.05, 3.63) is 77.9 Å². The first-order chi connectivity index (χ1) is 18.0. The summed E-state index contributed by atoms with van der Waals surface area (Å²) in [5, 5.41) is 9.49. The fraction of sp³-hybridized carbons (Fsp3) is 0.222. The first kappa shape index (κ1) is 26.9. The van der Waals surface area contributed by atoms with Crippen LogP contribution in [-0.4, -0.2) is 52.6 Å². The molecule has 0 saturated heterocycles. The van der Waals surface area contributed by atoms with Crippen molar-refractivity contribution >= 4 is 23.8 Å². The summed E-state index contributed by atoms with van der Waals surface area (Å²) in [5.74, 6) is 1.66. The Labute approximate surface area is 215 Å². The van der Waals surface area contributed by atoms with Crippen molar-refractivity contribution in [2.24, 2.45) is 5.10 Å². The Morgan fingerprint density at radius 1 is 0.838 bits per heavy atom. The summed E-state index contributed by atoms with van der Waals surface area (Å²) in [7, 11) is 6.11. The molecule has 0 aromatic heterocycles. The lowest BCUT2D eigenvalue weighted by atomic mass is 10.1. The maximum atomic E-state index is 13.0. The number of nitrogens with one attached hydrogen (secondary N) is 3. The average molecular weight is 507 g/mol. The number of ether oxygens (including phenoxy) is 4. The van der Waals surface area contributed by atoms with Crippen molar-refractivity contribution in [3.8, 4) is 23.0 Å². The van der Waals surface area contributed by atoms with Gasteiger partial charge in [0.1, 0.15) is 29.0 Å². The molecule has 0 aliphatic heterocycles. The van der Waals surface area contributed by atoms with Gasteiger partial charge < -0.3 is 29.6 Å². The Balaban J connectivity index is 1.73. The maximum absolute atomic E-state index is 13.0. The first-order valence-corrected chi connectivity index (χ1v) is 11.4. The van der Waals surface area contributed by atoms with Gasteiger partial charge in [-0.2, -0.15) is 5.10 Å². The van der Waals surface area contributed by atoms with Crippen molar-refractivity contribution in [3.63, 3.8) is 0 Å². The average Bonchev–Trinajstić information content (AvgIpc) is 2.93. The highest BCUT2D eigenvalue weighted by atomic mass is 16.5. The second-order valence-electron chi connectivity index (χ2n) is 7.75. The van der Waals surface area contributed by atoms with Crippen molar-refractivity contribution in [1.29, 1.82) is 0 Å². The highest BCUT2D eigenvalue weighted by Gasteiger charge is 2.22. The molecule has 0 heterocycles. The lowest BCUT2D eigenvalue weighted by Gasteiger charge is -2.18. The predicted octanol–water partition coefficient (Wildman–Crippen LogP) is 3.60. The van der Waals surface area contributed by atoms with Crippen LogP contribution in [0.5, 0.6) is 23.0 Å². The quantitative estimate of drug-likeness (QED) is 0.270. The molecule has 0 saturated carbocycles. The summed E-state index contributed by atoms with van der Waals surface area (Å²) >= 11 is 0. The molecule has 194 valence electrons.